The number of anilines is 3. The van der Waals surface area contributed by atoms with E-state index in [9.17, 15) is 59.1 Å². The fraction of sp³-hybridized carbons (Fsp3) is 0.367. The molecule has 9 N–H and O–H groups in total. The lowest BCUT2D eigenvalue weighted by atomic mass is 9.72. The highest BCUT2D eigenvalue weighted by Gasteiger charge is 2.50. The number of nitrogens with one attached hydrogen (secondary N) is 4. The number of aromatic hydroxyl groups is 2. The minimum Gasteiger partial charge on any atom is -0.507 e. The summed E-state index contributed by atoms with van der Waals surface area (Å²) in [7, 11) is 6.12. The highest BCUT2D eigenvalue weighted by molar-refractivity contribution is 6.31. The summed E-state index contributed by atoms with van der Waals surface area (Å²) in [4.78, 5) is 93.7. The van der Waals surface area contributed by atoms with E-state index in [-0.39, 0.29) is 63.1 Å². The zero-order valence-corrected chi connectivity index (χ0v) is 39.5. The van der Waals surface area contributed by atoms with Crippen LogP contribution in [0.3, 0.4) is 0 Å². The molecule has 6 atom stereocenters. The van der Waals surface area contributed by atoms with Gasteiger partial charge in [0.15, 0.2) is 17.9 Å². The standard InChI is InChI=1S/C49H53N7O15/c1-7-9-35(59)50-23-12-29(54(3)18-23)46(65)51-24-13-30(55(4)19-24)47(66)52-25-14-31(56(5)20-25)48(67)53-28-15-36(70-22(2)41(28)60)71-33-17-49(68,34(58)21-57)16-27-38(33)45(64)40-39(43(27)62)42(61)26-10-8-11-32(69-6)37(26)44(40)63/h8,10-14,18-20,22,28,33,36,41,57,60,62,64,68H,7,9,15-17,21H2,1-6H3,(H,50,59)(H,51,65)(H,52,66)(H,53,67)/t22-,28-,33-,36-,41+,49-/m0/s1. The molecule has 1 fully saturated rings. The number of benzene rings is 2. The number of amides is 4. The van der Waals surface area contributed by atoms with Gasteiger partial charge in [0.05, 0.1) is 59.1 Å². The van der Waals surface area contributed by atoms with Gasteiger partial charge in [0.25, 0.3) is 17.7 Å². The molecule has 5 aromatic rings. The van der Waals surface area contributed by atoms with Crippen molar-refractivity contribution in [3.63, 3.8) is 0 Å². The Labute approximate surface area is 405 Å². The number of ketones is 3. The third-order valence-electron chi connectivity index (χ3n) is 13.1. The fourth-order valence-electron chi connectivity index (χ4n) is 9.52. The Kier molecular flexibility index (Phi) is 13.5. The van der Waals surface area contributed by atoms with Gasteiger partial charge in [0.2, 0.25) is 11.7 Å². The highest BCUT2D eigenvalue weighted by atomic mass is 16.7. The quantitative estimate of drug-likeness (QED) is 0.0709. The Morgan fingerprint density at radius 3 is 1.94 bits per heavy atom. The molecule has 374 valence electrons. The highest BCUT2D eigenvalue weighted by Crippen LogP contribution is 2.52. The van der Waals surface area contributed by atoms with Crippen LogP contribution in [0.5, 0.6) is 17.2 Å². The second-order valence-electron chi connectivity index (χ2n) is 18.0. The molecule has 3 aliphatic rings. The summed E-state index contributed by atoms with van der Waals surface area (Å²) in [5, 5.41) is 67.4. The number of nitrogens with zero attached hydrogens (tertiary/aromatic N) is 3. The number of phenols is 2. The summed E-state index contributed by atoms with van der Waals surface area (Å²) in [6, 6.07) is 7.61. The lowest BCUT2D eigenvalue weighted by Gasteiger charge is -2.43. The molecular weight excluding hydrogens is 927 g/mol. The number of carbonyl (C=O) groups excluding carboxylic acids is 7. The summed E-state index contributed by atoms with van der Waals surface area (Å²) in [6.07, 6.45) is -1.11. The summed E-state index contributed by atoms with van der Waals surface area (Å²) in [5.74, 6) is -6.18. The van der Waals surface area contributed by atoms with Crippen LogP contribution in [0.4, 0.5) is 17.1 Å². The molecule has 71 heavy (non-hydrogen) atoms. The van der Waals surface area contributed by atoms with Gasteiger partial charge >= 0.3 is 0 Å². The molecule has 0 radical (unpaired) electrons. The van der Waals surface area contributed by atoms with Crippen molar-refractivity contribution >= 4 is 58.0 Å². The molecule has 4 heterocycles. The van der Waals surface area contributed by atoms with Crippen molar-refractivity contribution in [2.75, 3.05) is 29.7 Å². The van der Waals surface area contributed by atoms with Crippen LogP contribution < -0.4 is 26.0 Å². The molecule has 1 aliphatic heterocycles. The maximum atomic E-state index is 14.1. The number of carbonyl (C=O) groups is 7. The van der Waals surface area contributed by atoms with Gasteiger partial charge in [-0.1, -0.05) is 19.1 Å². The molecule has 0 bridgehead atoms. The molecule has 22 heteroatoms. The van der Waals surface area contributed by atoms with E-state index in [1.807, 2.05) is 6.92 Å². The van der Waals surface area contributed by atoms with Crippen LogP contribution in [-0.2, 0) is 46.6 Å². The van der Waals surface area contributed by atoms with Crippen molar-refractivity contribution in [2.45, 2.75) is 82.2 Å². The van der Waals surface area contributed by atoms with E-state index in [0.29, 0.717) is 24.2 Å². The van der Waals surface area contributed by atoms with Gasteiger partial charge in [0.1, 0.15) is 52.6 Å². The number of ether oxygens (including phenoxy) is 3. The SMILES string of the molecule is CCCC(=O)Nc1cc(C(=O)Nc2cc(C(=O)Nc3cc(C(=O)N[C@H]4C[C@H](O[C@H]5C[C@](O)(C(=O)CO)Cc6c(O)c7c(c(O)c65)C(=O)c5c(OC)cccc5C7=O)O[C@@H](C)[C@H]4O)n(C)c3)n(C)c2)n(C)c1. The maximum absolute atomic E-state index is 14.1. The van der Waals surface area contributed by atoms with Gasteiger partial charge in [-0.25, -0.2) is 0 Å². The Morgan fingerprint density at radius 1 is 0.817 bits per heavy atom. The van der Waals surface area contributed by atoms with Gasteiger partial charge < -0.3 is 74.7 Å². The number of Topliss-reactive ketones (excluding diaryl/α,β-unsaturated/α-hetero) is 1. The fourth-order valence-corrected chi connectivity index (χ4v) is 9.52. The van der Waals surface area contributed by atoms with Crippen molar-refractivity contribution < 1.29 is 73.3 Å². The molecule has 3 aromatic heterocycles. The number of aromatic nitrogens is 3. The zero-order chi connectivity index (χ0) is 51.4. The largest absolute Gasteiger partial charge is 0.507 e. The van der Waals surface area contributed by atoms with Crippen LogP contribution in [0.2, 0.25) is 0 Å². The number of aryl methyl sites for hydroxylation is 3. The molecule has 0 spiro atoms. The predicted molar refractivity (Wildman–Crippen MR) is 251 cm³/mol. The van der Waals surface area contributed by atoms with Gasteiger partial charge in [-0.3, -0.25) is 33.6 Å². The molecule has 2 aliphatic carbocycles. The number of methoxy groups -OCH3 is 1. The van der Waals surface area contributed by atoms with E-state index in [0.717, 1.165) is 0 Å². The lowest BCUT2D eigenvalue weighted by Crippen LogP contribution is -2.56. The van der Waals surface area contributed by atoms with E-state index < -0.39 is 113 Å². The van der Waals surface area contributed by atoms with Gasteiger partial charge in [0, 0.05) is 82.1 Å². The molecule has 22 nitrogen and oxygen atoms in total. The first-order chi connectivity index (χ1) is 33.7. The normalized spacial score (nSPS) is 21.4. The summed E-state index contributed by atoms with van der Waals surface area (Å²) >= 11 is 0. The minimum atomic E-state index is -2.40. The Morgan fingerprint density at radius 2 is 1.38 bits per heavy atom. The minimum absolute atomic E-state index is 0.0344. The van der Waals surface area contributed by atoms with Crippen molar-refractivity contribution in [2.24, 2.45) is 21.1 Å². The van der Waals surface area contributed by atoms with E-state index in [1.165, 1.54) is 59.7 Å². The number of rotatable bonds is 14. The van der Waals surface area contributed by atoms with Gasteiger partial charge in [-0.15, -0.1) is 0 Å². The third-order valence-corrected chi connectivity index (χ3v) is 13.1. The van der Waals surface area contributed by atoms with Crippen LogP contribution in [0.15, 0.2) is 55.0 Å². The average Bonchev–Trinajstić information content (AvgIpc) is 4.01. The Bertz CT molecular complexity index is 3040. The Balaban J connectivity index is 0.979. The number of aliphatic hydroxyl groups excluding tert-OH is 2. The second-order valence-corrected chi connectivity index (χ2v) is 18.0. The third kappa shape index (κ3) is 9.18. The topological polar surface area (TPSA) is 311 Å². The van der Waals surface area contributed by atoms with Crippen LogP contribution in [0.1, 0.15) is 120 Å². The molecule has 0 saturated carbocycles. The van der Waals surface area contributed by atoms with E-state index in [2.05, 4.69) is 21.3 Å². The smallest absolute Gasteiger partial charge is 0.272 e. The zero-order valence-electron chi connectivity index (χ0n) is 39.5. The number of hydrogen-bond acceptors (Lipinski definition) is 15. The van der Waals surface area contributed by atoms with E-state index in [1.54, 1.807) is 44.2 Å². The molecule has 0 unspecified atom stereocenters. The van der Waals surface area contributed by atoms with Crippen molar-refractivity contribution in [1.29, 1.82) is 0 Å². The summed E-state index contributed by atoms with van der Waals surface area (Å²) in [5.41, 5.74) is -2.82. The van der Waals surface area contributed by atoms with Crippen molar-refractivity contribution in [1.82, 2.24) is 19.0 Å². The Hall–Kier alpha value is -7.63. The first-order valence-electron chi connectivity index (χ1n) is 22.6. The number of aliphatic hydroxyl groups is 3. The molecule has 2 aromatic carbocycles. The monoisotopic (exact) mass is 979 g/mol. The second kappa shape index (κ2) is 19.3. The van der Waals surface area contributed by atoms with Gasteiger partial charge in [-0.2, -0.15) is 0 Å². The first kappa shape index (κ1) is 49.8. The van der Waals surface area contributed by atoms with Gasteiger partial charge in [-0.05, 0) is 37.6 Å². The van der Waals surface area contributed by atoms with Crippen LogP contribution in [-0.4, -0.2) is 124 Å². The van der Waals surface area contributed by atoms with Crippen molar-refractivity contribution in [3.8, 4) is 17.2 Å². The number of phenolic OH excluding ortho intramolecular Hbond substituents is 2. The van der Waals surface area contributed by atoms with Crippen LogP contribution in [0.25, 0.3) is 0 Å². The maximum Gasteiger partial charge on any atom is 0.272 e. The number of fused-ring (bicyclic) bond motifs is 3. The molecular formula is C49H53N7O15. The molecule has 4 amide bonds. The number of hydrogen-bond donors (Lipinski definition) is 9. The van der Waals surface area contributed by atoms with Crippen LogP contribution in [0, 0.1) is 0 Å². The van der Waals surface area contributed by atoms with Crippen molar-refractivity contribution in [3.05, 3.63) is 105 Å². The predicted octanol–water partition coefficient (Wildman–Crippen LogP) is 2.73. The van der Waals surface area contributed by atoms with E-state index in [4.69, 9.17) is 14.2 Å². The van der Waals surface area contributed by atoms with E-state index >= 15 is 0 Å². The summed E-state index contributed by atoms with van der Waals surface area (Å²) < 4.78 is 22.1. The molecule has 1 saturated heterocycles. The molecule has 8 rings (SSSR count). The average molecular weight is 980 g/mol. The lowest BCUT2D eigenvalue weighted by molar-refractivity contribution is -0.249. The summed E-state index contributed by atoms with van der Waals surface area (Å²) in [6.45, 7) is 2.26. The first-order valence-corrected chi connectivity index (χ1v) is 22.6. The van der Waals surface area contributed by atoms with Crippen LogP contribution >= 0.6 is 0 Å².